The Morgan fingerprint density at radius 3 is 2.75 bits per heavy atom. The predicted molar refractivity (Wildman–Crippen MR) is 31.7 cm³/mol. The molecule has 1 aromatic heterocycles. The monoisotopic (exact) mass is 130 g/mol. The Labute approximate surface area is 52.5 Å². The van der Waals surface area contributed by atoms with Crippen LogP contribution in [-0.2, 0) is 7.05 Å². The summed E-state index contributed by atoms with van der Waals surface area (Å²) in [6.45, 7) is 0. The third-order valence-electron chi connectivity index (χ3n) is 0.845. The van der Waals surface area contributed by atoms with Gasteiger partial charge in [0, 0.05) is 0 Å². The SMILES string of the molecule is CSc1c[n+](C)co1. The van der Waals surface area contributed by atoms with Crippen LogP contribution in [-0.4, -0.2) is 6.26 Å². The summed E-state index contributed by atoms with van der Waals surface area (Å²) in [5, 5.41) is 0.951. The van der Waals surface area contributed by atoms with Crippen LogP contribution in [0.3, 0.4) is 0 Å². The molecule has 0 N–H and O–H groups in total. The van der Waals surface area contributed by atoms with Gasteiger partial charge in [-0.05, 0) is 6.26 Å². The molecule has 0 aromatic carbocycles. The fourth-order valence-corrected chi connectivity index (χ4v) is 0.874. The lowest BCUT2D eigenvalue weighted by atomic mass is 10.9. The second kappa shape index (κ2) is 2.22. The first-order valence-electron chi connectivity index (χ1n) is 2.30. The minimum atomic E-state index is 0.951. The van der Waals surface area contributed by atoms with Gasteiger partial charge in [0.25, 0.3) is 0 Å². The lowest BCUT2D eigenvalue weighted by Gasteiger charge is -1.73. The van der Waals surface area contributed by atoms with Crippen molar-refractivity contribution in [2.24, 2.45) is 7.05 Å². The fourth-order valence-electron chi connectivity index (χ4n) is 0.463. The van der Waals surface area contributed by atoms with Gasteiger partial charge in [0.05, 0.1) is 0 Å². The summed E-state index contributed by atoms with van der Waals surface area (Å²) in [5.41, 5.74) is 0. The quantitative estimate of drug-likeness (QED) is 0.413. The molecule has 0 bridgehead atoms. The van der Waals surface area contributed by atoms with Gasteiger partial charge < -0.3 is 4.42 Å². The van der Waals surface area contributed by atoms with Crippen molar-refractivity contribution in [2.75, 3.05) is 6.26 Å². The van der Waals surface area contributed by atoms with E-state index in [9.17, 15) is 0 Å². The van der Waals surface area contributed by atoms with E-state index in [1.165, 1.54) is 0 Å². The van der Waals surface area contributed by atoms with Crippen molar-refractivity contribution in [1.82, 2.24) is 0 Å². The van der Waals surface area contributed by atoms with Crippen LogP contribution in [0.4, 0.5) is 0 Å². The van der Waals surface area contributed by atoms with Crippen molar-refractivity contribution in [3.63, 3.8) is 0 Å². The van der Waals surface area contributed by atoms with Gasteiger partial charge in [-0.2, -0.15) is 4.57 Å². The van der Waals surface area contributed by atoms with E-state index in [2.05, 4.69) is 0 Å². The maximum atomic E-state index is 5.04. The van der Waals surface area contributed by atoms with E-state index in [1.54, 1.807) is 18.2 Å². The Kier molecular flexibility index (Phi) is 1.58. The number of nitrogens with zero attached hydrogens (tertiary/aromatic N) is 1. The van der Waals surface area contributed by atoms with E-state index < -0.39 is 0 Å². The van der Waals surface area contributed by atoms with E-state index in [1.807, 2.05) is 24.1 Å². The zero-order valence-corrected chi connectivity index (χ0v) is 5.73. The highest BCUT2D eigenvalue weighted by Crippen LogP contribution is 2.09. The Balaban J connectivity index is 2.84. The molecule has 0 saturated heterocycles. The Bertz CT molecular complexity index is 173. The minimum absolute atomic E-state index is 0.951. The molecule has 44 valence electrons. The average Bonchev–Trinajstić information content (AvgIpc) is 2.14. The number of aromatic nitrogens is 1. The van der Waals surface area contributed by atoms with Gasteiger partial charge in [-0.3, -0.25) is 0 Å². The van der Waals surface area contributed by atoms with Gasteiger partial charge in [-0.15, -0.1) is 0 Å². The van der Waals surface area contributed by atoms with Crippen molar-refractivity contribution in [3.8, 4) is 0 Å². The van der Waals surface area contributed by atoms with Gasteiger partial charge in [-0.25, -0.2) is 0 Å². The van der Waals surface area contributed by atoms with Crippen molar-refractivity contribution >= 4 is 11.8 Å². The van der Waals surface area contributed by atoms with Crippen LogP contribution in [0.1, 0.15) is 0 Å². The predicted octanol–water partition coefficient (Wildman–Crippen LogP) is 0.826. The molecule has 0 fully saturated rings. The van der Waals surface area contributed by atoms with Gasteiger partial charge in [0.15, 0.2) is 0 Å². The molecule has 8 heavy (non-hydrogen) atoms. The summed E-state index contributed by atoms with van der Waals surface area (Å²) in [6.07, 6.45) is 5.59. The molecule has 1 heterocycles. The molecule has 0 aliphatic carbocycles. The van der Waals surface area contributed by atoms with Crippen molar-refractivity contribution in [3.05, 3.63) is 12.6 Å². The molecule has 0 radical (unpaired) electrons. The van der Waals surface area contributed by atoms with Crippen molar-refractivity contribution in [1.29, 1.82) is 0 Å². The van der Waals surface area contributed by atoms with Crippen LogP contribution in [0.25, 0.3) is 0 Å². The summed E-state index contributed by atoms with van der Waals surface area (Å²) in [5.74, 6) is 0. The van der Waals surface area contributed by atoms with Crippen LogP contribution in [0.15, 0.2) is 22.1 Å². The summed E-state index contributed by atoms with van der Waals surface area (Å²) in [4.78, 5) is 0. The highest BCUT2D eigenvalue weighted by atomic mass is 32.2. The minimum Gasteiger partial charge on any atom is -0.397 e. The van der Waals surface area contributed by atoms with Gasteiger partial charge in [-0.1, -0.05) is 11.8 Å². The molecule has 0 aliphatic rings. The number of hydrogen-bond donors (Lipinski definition) is 0. The number of thioether (sulfide) groups is 1. The number of aryl methyl sites for hydroxylation is 1. The molecule has 0 spiro atoms. The zero-order chi connectivity index (χ0) is 5.98. The van der Waals surface area contributed by atoms with Crippen LogP contribution < -0.4 is 4.57 Å². The van der Waals surface area contributed by atoms with E-state index in [4.69, 9.17) is 4.42 Å². The van der Waals surface area contributed by atoms with E-state index in [0.717, 1.165) is 5.09 Å². The second-order valence-corrected chi connectivity index (χ2v) is 2.35. The first-order chi connectivity index (χ1) is 3.83. The highest BCUT2D eigenvalue weighted by molar-refractivity contribution is 7.98. The smallest absolute Gasteiger partial charge is 0.335 e. The Morgan fingerprint density at radius 2 is 2.50 bits per heavy atom. The summed E-state index contributed by atoms with van der Waals surface area (Å²) >= 11 is 1.60. The topological polar surface area (TPSA) is 17.0 Å². The lowest BCUT2D eigenvalue weighted by molar-refractivity contribution is -0.675. The molecule has 3 heteroatoms. The first kappa shape index (κ1) is 5.69. The molecule has 1 aromatic rings. The normalized spacial score (nSPS) is 9.75. The fraction of sp³-hybridized carbons (Fsp3) is 0.400. The third-order valence-corrected chi connectivity index (χ3v) is 1.45. The molecular weight excluding hydrogens is 122 g/mol. The first-order valence-corrected chi connectivity index (χ1v) is 3.53. The van der Waals surface area contributed by atoms with Crippen LogP contribution >= 0.6 is 11.8 Å². The van der Waals surface area contributed by atoms with Gasteiger partial charge in [0.1, 0.15) is 7.05 Å². The molecule has 0 amide bonds. The number of hydrogen-bond acceptors (Lipinski definition) is 2. The van der Waals surface area contributed by atoms with Gasteiger partial charge >= 0.3 is 6.39 Å². The maximum Gasteiger partial charge on any atom is 0.335 e. The van der Waals surface area contributed by atoms with Crippen molar-refractivity contribution < 1.29 is 8.98 Å². The van der Waals surface area contributed by atoms with Crippen LogP contribution in [0.5, 0.6) is 0 Å². The molecule has 0 atom stereocenters. The number of oxazole rings is 1. The summed E-state index contributed by atoms with van der Waals surface area (Å²) in [6, 6.07) is 0. The van der Waals surface area contributed by atoms with E-state index in [0.29, 0.717) is 0 Å². The molecule has 0 aliphatic heterocycles. The summed E-state index contributed by atoms with van der Waals surface area (Å²) < 4.78 is 6.92. The standard InChI is InChI=1S/C5H8NOS/c1-6-3-5(8-2)7-4-6/h3-4H,1-2H3/q+1. The molecule has 2 nitrogen and oxygen atoms in total. The maximum absolute atomic E-state index is 5.04. The molecule has 1 rings (SSSR count). The van der Waals surface area contributed by atoms with E-state index in [-0.39, 0.29) is 0 Å². The third kappa shape index (κ3) is 1.04. The number of rotatable bonds is 1. The molecule has 0 saturated carbocycles. The Hall–Kier alpha value is -0.440. The van der Waals surface area contributed by atoms with Crippen LogP contribution in [0, 0.1) is 0 Å². The molecular formula is C5H8NOS+. The lowest BCUT2D eigenvalue weighted by Crippen LogP contribution is -2.22. The largest absolute Gasteiger partial charge is 0.397 e. The second-order valence-electron chi connectivity index (χ2n) is 1.54. The molecule has 0 unspecified atom stereocenters. The summed E-state index contributed by atoms with van der Waals surface area (Å²) in [7, 11) is 1.93. The zero-order valence-electron chi connectivity index (χ0n) is 4.92. The van der Waals surface area contributed by atoms with Crippen LogP contribution in [0.2, 0.25) is 0 Å². The van der Waals surface area contributed by atoms with Crippen molar-refractivity contribution in [2.45, 2.75) is 5.09 Å². The highest BCUT2D eigenvalue weighted by Gasteiger charge is 1.99. The van der Waals surface area contributed by atoms with Gasteiger partial charge in [0.2, 0.25) is 11.3 Å². The Morgan fingerprint density at radius 1 is 1.75 bits per heavy atom. The average molecular weight is 130 g/mol. The van der Waals surface area contributed by atoms with E-state index >= 15 is 0 Å².